The minimum absolute atomic E-state index is 0.0908. The summed E-state index contributed by atoms with van der Waals surface area (Å²) in [6, 6.07) is 13.1. The van der Waals surface area contributed by atoms with E-state index in [-0.39, 0.29) is 16.6 Å². The van der Waals surface area contributed by atoms with Gasteiger partial charge in [-0.3, -0.25) is 14.9 Å². The third-order valence-corrected chi connectivity index (χ3v) is 5.27. The van der Waals surface area contributed by atoms with Gasteiger partial charge in [-0.2, -0.15) is 0 Å². The number of rotatable bonds is 6. The van der Waals surface area contributed by atoms with Crippen LogP contribution in [0.5, 0.6) is 0 Å². The number of halogens is 1. The van der Waals surface area contributed by atoms with Crippen LogP contribution >= 0.6 is 23.4 Å². The van der Waals surface area contributed by atoms with Crippen LogP contribution in [0.25, 0.3) is 0 Å². The van der Waals surface area contributed by atoms with Crippen LogP contribution in [-0.2, 0) is 11.8 Å². The van der Waals surface area contributed by atoms with Gasteiger partial charge in [0.1, 0.15) is 11.6 Å². The number of hydrogen-bond donors (Lipinski definition) is 1. The lowest BCUT2D eigenvalue weighted by Crippen LogP contribution is -2.19. The molecule has 1 amide bonds. The number of nitrogens with one attached hydrogen (secondary N) is 1. The number of nitro groups is 1. The maximum atomic E-state index is 12.9. The second-order valence-corrected chi connectivity index (χ2v) is 7.02. The van der Waals surface area contributed by atoms with E-state index in [4.69, 9.17) is 11.6 Å². The van der Waals surface area contributed by atoms with Crippen molar-refractivity contribution in [2.45, 2.75) is 10.4 Å². The van der Waals surface area contributed by atoms with Gasteiger partial charge >= 0.3 is 0 Å². The number of thioether (sulfide) groups is 1. The summed E-state index contributed by atoms with van der Waals surface area (Å²) in [6.07, 6.45) is 1.55. The number of nitro benzene ring substituents is 1. The Hall–Kier alpha value is -2.91. The number of carbonyl (C=O) groups excluding carboxylic acids is 1. The van der Waals surface area contributed by atoms with Crippen molar-refractivity contribution in [3.63, 3.8) is 0 Å². The summed E-state index contributed by atoms with van der Waals surface area (Å²) in [5.41, 5.74) is 0.930. The zero-order chi connectivity index (χ0) is 19.4. The number of non-ortho nitro benzene ring substituents is 1. The summed E-state index contributed by atoms with van der Waals surface area (Å²) in [5.74, 6) is -0.329. The third kappa shape index (κ3) is 4.44. The van der Waals surface area contributed by atoms with Crippen LogP contribution in [0.3, 0.4) is 0 Å². The number of anilines is 1. The molecule has 0 radical (unpaired) electrons. The molecule has 0 saturated heterocycles. The Morgan fingerprint density at radius 1 is 1.30 bits per heavy atom. The van der Waals surface area contributed by atoms with Crippen LogP contribution in [0.4, 0.5) is 11.4 Å². The molecule has 138 valence electrons. The molecule has 0 fully saturated rings. The topological polar surface area (TPSA) is 103 Å². The normalized spacial score (nSPS) is 11.8. The first kappa shape index (κ1) is 18.9. The first-order chi connectivity index (χ1) is 13.0. The molecule has 3 rings (SSSR count). The summed E-state index contributed by atoms with van der Waals surface area (Å²) >= 11 is 7.33. The summed E-state index contributed by atoms with van der Waals surface area (Å²) in [5, 5.41) is 21.5. The molecule has 0 aliphatic heterocycles. The van der Waals surface area contributed by atoms with Gasteiger partial charge in [-0.15, -0.1) is 10.2 Å². The Bertz CT molecular complexity index is 980. The zero-order valence-electron chi connectivity index (χ0n) is 14.1. The molecule has 1 N–H and O–H groups in total. The minimum atomic E-state index is -0.611. The fourth-order valence-electron chi connectivity index (χ4n) is 2.30. The largest absolute Gasteiger partial charge is 0.323 e. The fourth-order valence-corrected chi connectivity index (χ4v) is 3.50. The predicted molar refractivity (Wildman–Crippen MR) is 103 cm³/mol. The van der Waals surface area contributed by atoms with Crippen molar-refractivity contribution in [2.75, 3.05) is 5.32 Å². The van der Waals surface area contributed by atoms with Crippen LogP contribution in [0.2, 0.25) is 5.02 Å². The van der Waals surface area contributed by atoms with E-state index in [9.17, 15) is 14.9 Å². The monoisotopic (exact) mass is 403 g/mol. The molecule has 0 saturated carbocycles. The molecule has 8 nitrogen and oxygen atoms in total. The van der Waals surface area contributed by atoms with Crippen molar-refractivity contribution >= 4 is 40.6 Å². The Labute approximate surface area is 163 Å². The number of aryl methyl sites for hydroxylation is 1. The SMILES string of the molecule is Cn1cnnc1S[C@@H](C(=O)Nc1ccc([N+](=O)[O-])cc1Cl)c1ccccc1. The average molecular weight is 404 g/mol. The van der Waals surface area contributed by atoms with Gasteiger partial charge in [0.25, 0.3) is 5.69 Å². The summed E-state index contributed by atoms with van der Waals surface area (Å²) in [7, 11) is 1.79. The van der Waals surface area contributed by atoms with Crippen LogP contribution in [0, 0.1) is 10.1 Å². The molecular formula is C17H14ClN5O3S. The molecule has 0 aliphatic carbocycles. The Kier molecular flexibility index (Phi) is 5.72. The van der Waals surface area contributed by atoms with Crippen LogP contribution < -0.4 is 5.32 Å². The van der Waals surface area contributed by atoms with Crippen LogP contribution in [0.1, 0.15) is 10.8 Å². The van der Waals surface area contributed by atoms with Crippen LogP contribution in [0.15, 0.2) is 60.0 Å². The average Bonchev–Trinajstić information content (AvgIpc) is 3.06. The number of hydrogen-bond acceptors (Lipinski definition) is 6. The lowest BCUT2D eigenvalue weighted by atomic mass is 10.1. The first-order valence-corrected chi connectivity index (χ1v) is 9.02. The maximum absolute atomic E-state index is 12.9. The second kappa shape index (κ2) is 8.19. The second-order valence-electron chi connectivity index (χ2n) is 5.54. The highest BCUT2D eigenvalue weighted by atomic mass is 35.5. The highest BCUT2D eigenvalue weighted by molar-refractivity contribution is 8.00. The van der Waals surface area contributed by atoms with Crippen molar-refractivity contribution < 1.29 is 9.72 Å². The Morgan fingerprint density at radius 3 is 2.63 bits per heavy atom. The van der Waals surface area contributed by atoms with Crippen molar-refractivity contribution in [1.82, 2.24) is 14.8 Å². The number of nitrogens with zero attached hydrogens (tertiary/aromatic N) is 4. The van der Waals surface area contributed by atoms with Gasteiger partial charge in [-0.1, -0.05) is 53.7 Å². The van der Waals surface area contributed by atoms with E-state index in [1.54, 1.807) is 17.9 Å². The van der Waals surface area contributed by atoms with Crippen molar-refractivity contribution in [3.8, 4) is 0 Å². The fraction of sp³-hybridized carbons (Fsp3) is 0.118. The van der Waals surface area contributed by atoms with E-state index in [0.717, 1.165) is 5.56 Å². The molecule has 1 atom stereocenters. The molecule has 0 spiro atoms. The van der Waals surface area contributed by atoms with Crippen molar-refractivity contribution in [2.24, 2.45) is 7.05 Å². The molecule has 27 heavy (non-hydrogen) atoms. The standard InChI is InChI=1S/C17H14ClN5O3S/c1-22-10-19-21-17(22)27-15(11-5-3-2-4-6-11)16(24)20-14-8-7-12(23(25)26)9-13(14)18/h2-10,15H,1H3,(H,20,24)/t15-/m1/s1. The van der Waals surface area contributed by atoms with Gasteiger partial charge in [0, 0.05) is 19.2 Å². The van der Waals surface area contributed by atoms with E-state index in [0.29, 0.717) is 10.8 Å². The van der Waals surface area contributed by atoms with E-state index in [1.165, 1.54) is 30.0 Å². The molecule has 0 aliphatic rings. The third-order valence-electron chi connectivity index (χ3n) is 3.65. The maximum Gasteiger partial charge on any atom is 0.271 e. The number of benzene rings is 2. The van der Waals surface area contributed by atoms with Gasteiger partial charge < -0.3 is 9.88 Å². The quantitative estimate of drug-likeness (QED) is 0.381. The summed E-state index contributed by atoms with van der Waals surface area (Å²) in [6.45, 7) is 0. The predicted octanol–water partition coefficient (Wildman–Crippen LogP) is 3.85. The number of aromatic nitrogens is 3. The molecule has 0 unspecified atom stereocenters. The molecule has 10 heteroatoms. The van der Waals surface area contributed by atoms with Gasteiger partial charge in [0.05, 0.1) is 15.6 Å². The molecule has 1 aromatic heterocycles. The Morgan fingerprint density at radius 2 is 2.04 bits per heavy atom. The minimum Gasteiger partial charge on any atom is -0.323 e. The van der Waals surface area contributed by atoms with E-state index in [2.05, 4.69) is 15.5 Å². The highest BCUT2D eigenvalue weighted by Crippen LogP contribution is 2.36. The van der Waals surface area contributed by atoms with Gasteiger partial charge in [-0.05, 0) is 11.6 Å². The van der Waals surface area contributed by atoms with Crippen molar-refractivity contribution in [3.05, 3.63) is 75.6 Å². The number of carbonyl (C=O) groups is 1. The summed E-state index contributed by atoms with van der Waals surface area (Å²) < 4.78 is 1.72. The van der Waals surface area contributed by atoms with Crippen LogP contribution in [-0.4, -0.2) is 25.6 Å². The lowest BCUT2D eigenvalue weighted by molar-refractivity contribution is -0.384. The Balaban J connectivity index is 1.87. The summed E-state index contributed by atoms with van der Waals surface area (Å²) in [4.78, 5) is 23.2. The first-order valence-electron chi connectivity index (χ1n) is 7.76. The van der Waals surface area contributed by atoms with E-state index >= 15 is 0 Å². The molecule has 3 aromatic rings. The smallest absolute Gasteiger partial charge is 0.271 e. The van der Waals surface area contributed by atoms with Gasteiger partial charge in [-0.25, -0.2) is 0 Å². The molecule has 2 aromatic carbocycles. The molecule has 1 heterocycles. The van der Waals surface area contributed by atoms with Gasteiger partial charge in [0.15, 0.2) is 5.16 Å². The molecular weight excluding hydrogens is 390 g/mol. The zero-order valence-corrected chi connectivity index (χ0v) is 15.6. The van der Waals surface area contributed by atoms with E-state index in [1.807, 2.05) is 30.3 Å². The van der Waals surface area contributed by atoms with E-state index < -0.39 is 10.2 Å². The number of amides is 1. The molecule has 0 bridgehead atoms. The van der Waals surface area contributed by atoms with Crippen molar-refractivity contribution in [1.29, 1.82) is 0 Å². The highest BCUT2D eigenvalue weighted by Gasteiger charge is 2.25. The lowest BCUT2D eigenvalue weighted by Gasteiger charge is -2.17. The van der Waals surface area contributed by atoms with Gasteiger partial charge in [0.2, 0.25) is 5.91 Å².